The highest BCUT2D eigenvalue weighted by atomic mass is 35.5. The zero-order valence-corrected chi connectivity index (χ0v) is 27.5. The number of hydrogen-bond acceptors (Lipinski definition) is 5. The first-order valence-electron chi connectivity index (χ1n) is 14.2. The number of alkyl halides is 5. The molecule has 8 nitrogen and oxygen atoms in total. The van der Waals surface area contributed by atoms with Gasteiger partial charge in [0.25, 0.3) is 5.91 Å². The highest BCUT2D eigenvalue weighted by Gasteiger charge is 2.52. The van der Waals surface area contributed by atoms with E-state index in [9.17, 15) is 41.1 Å². The maximum Gasteiger partial charge on any atom is 0.405 e. The van der Waals surface area contributed by atoms with Crippen LogP contribution in [0.4, 0.5) is 22.0 Å². The van der Waals surface area contributed by atoms with Crippen LogP contribution in [-0.2, 0) is 19.2 Å². The number of nitrogens with one attached hydrogen (secondary N) is 3. The molecule has 0 aliphatic heterocycles. The lowest BCUT2D eigenvalue weighted by molar-refractivity contribution is -0.165. The van der Waals surface area contributed by atoms with E-state index in [0.29, 0.717) is 16.3 Å². The third kappa shape index (κ3) is 10.8. The molecule has 3 aromatic carbocycles. The summed E-state index contributed by atoms with van der Waals surface area (Å²) in [4.78, 5) is 51.7. The van der Waals surface area contributed by atoms with Gasteiger partial charge in [0.2, 0.25) is 17.6 Å². The van der Waals surface area contributed by atoms with Crippen LogP contribution in [0.3, 0.4) is 0 Å². The van der Waals surface area contributed by atoms with E-state index in [1.54, 1.807) is 36.4 Å². The number of ether oxygens (including phenoxy) is 1. The summed E-state index contributed by atoms with van der Waals surface area (Å²) in [5.41, 5.74) is 0.629. The summed E-state index contributed by atoms with van der Waals surface area (Å²) in [6.45, 7) is 0.456. The first-order valence-corrected chi connectivity index (χ1v) is 15.3. The highest BCUT2D eigenvalue weighted by molar-refractivity contribution is 6.42. The van der Waals surface area contributed by atoms with Gasteiger partial charge in [0.1, 0.15) is 24.4 Å². The van der Waals surface area contributed by atoms with Crippen molar-refractivity contribution in [2.45, 2.75) is 50.6 Å². The molecule has 0 saturated carbocycles. The molecule has 3 atom stereocenters. The Hall–Kier alpha value is -3.94. The molecule has 16 heteroatoms. The molecule has 3 N–H and O–H groups in total. The smallest absolute Gasteiger partial charge is 0.405 e. The second-order valence-corrected chi connectivity index (χ2v) is 12.1. The van der Waals surface area contributed by atoms with Crippen molar-refractivity contribution in [1.29, 1.82) is 0 Å². The van der Waals surface area contributed by atoms with Gasteiger partial charge in [-0.15, -0.1) is 0 Å². The number of halogens is 8. The largest absolute Gasteiger partial charge is 0.485 e. The number of rotatable bonds is 14. The number of amides is 3. The second kappa shape index (κ2) is 16.4. The predicted octanol–water partition coefficient (Wildman–Crippen LogP) is 7.04. The molecule has 3 amide bonds. The molecule has 0 spiro atoms. The summed E-state index contributed by atoms with van der Waals surface area (Å²) in [7, 11) is 0. The van der Waals surface area contributed by atoms with Crippen molar-refractivity contribution in [3.05, 3.63) is 99.0 Å². The summed E-state index contributed by atoms with van der Waals surface area (Å²) >= 11 is 18.2. The Kier molecular flexibility index (Phi) is 13.2. The van der Waals surface area contributed by atoms with Gasteiger partial charge < -0.3 is 20.7 Å². The molecule has 48 heavy (non-hydrogen) atoms. The summed E-state index contributed by atoms with van der Waals surface area (Å²) in [6.07, 6.45) is -6.40. The number of Topliss-reactive ketones (excluding diaryl/α,β-unsaturated/α-hetero) is 1. The summed E-state index contributed by atoms with van der Waals surface area (Å²) in [6, 6.07) is 14.8. The molecule has 3 aromatic rings. The van der Waals surface area contributed by atoms with Crippen molar-refractivity contribution in [3.63, 3.8) is 0 Å². The van der Waals surface area contributed by atoms with Crippen molar-refractivity contribution >= 4 is 58.3 Å². The molecule has 0 fully saturated rings. The average Bonchev–Trinajstić information content (AvgIpc) is 3.02. The summed E-state index contributed by atoms with van der Waals surface area (Å²) in [5.74, 6) is -12.1. The number of carbonyl (C=O) groups is 4. The molecular formula is C32H29Cl3F5N3O5. The standard InChI is InChI=1S/C32H29Cl3F5N3O5/c1-17(2)26(28(45)32(39,40)30(47)41-16-31(36,37)38)43-29(46)27(18-6-4-3-5-7-18)42-25(44)15-24(19-8-13-22(34)23(35)14-19)48-21-11-9-20(33)10-12-21/h3-14,17,24,26-27H,15-16H2,1-2H3,(H,41,47)(H,42,44)(H,43,46). The van der Waals surface area contributed by atoms with Crippen molar-refractivity contribution < 1.29 is 45.9 Å². The van der Waals surface area contributed by atoms with Crippen LogP contribution in [0, 0.1) is 5.92 Å². The van der Waals surface area contributed by atoms with Crippen LogP contribution in [-0.4, -0.2) is 48.2 Å². The van der Waals surface area contributed by atoms with Crippen LogP contribution in [0.25, 0.3) is 0 Å². The minimum atomic E-state index is -5.01. The summed E-state index contributed by atoms with van der Waals surface area (Å²) in [5, 5.41) is 6.49. The molecule has 0 saturated heterocycles. The molecule has 3 unspecified atom stereocenters. The molecule has 0 heterocycles. The van der Waals surface area contributed by atoms with Crippen molar-refractivity contribution in [1.82, 2.24) is 16.0 Å². The topological polar surface area (TPSA) is 114 Å². The van der Waals surface area contributed by atoms with Crippen LogP contribution in [0.2, 0.25) is 15.1 Å². The molecule has 258 valence electrons. The van der Waals surface area contributed by atoms with E-state index < -0.39 is 72.7 Å². The van der Waals surface area contributed by atoms with E-state index in [1.165, 1.54) is 50.2 Å². The Labute approximate surface area is 287 Å². The van der Waals surface area contributed by atoms with Crippen LogP contribution in [0.5, 0.6) is 5.75 Å². The Morgan fingerprint density at radius 3 is 1.98 bits per heavy atom. The number of carbonyl (C=O) groups excluding carboxylic acids is 4. The van der Waals surface area contributed by atoms with Gasteiger partial charge in [-0.05, 0) is 53.4 Å². The average molecular weight is 737 g/mol. The molecule has 0 radical (unpaired) electrons. The molecule has 0 aliphatic carbocycles. The van der Waals surface area contributed by atoms with Gasteiger partial charge in [0.15, 0.2) is 0 Å². The van der Waals surface area contributed by atoms with Crippen molar-refractivity contribution in [2.75, 3.05) is 6.54 Å². The fraction of sp³-hybridized carbons (Fsp3) is 0.312. The first kappa shape index (κ1) is 38.5. The maximum absolute atomic E-state index is 14.8. The highest BCUT2D eigenvalue weighted by Crippen LogP contribution is 2.31. The Bertz CT molecular complexity index is 1610. The van der Waals surface area contributed by atoms with Crippen molar-refractivity contribution in [2.24, 2.45) is 5.92 Å². The van der Waals surface area contributed by atoms with Gasteiger partial charge in [-0.2, -0.15) is 22.0 Å². The number of benzene rings is 3. The maximum atomic E-state index is 14.8. The first-order chi connectivity index (χ1) is 22.4. The Morgan fingerprint density at radius 1 is 0.792 bits per heavy atom. The normalized spacial score (nSPS) is 13.6. The Balaban J connectivity index is 1.87. The number of hydrogen-bond donors (Lipinski definition) is 3. The Morgan fingerprint density at radius 2 is 1.42 bits per heavy atom. The lowest BCUT2D eigenvalue weighted by atomic mass is 9.94. The third-order valence-corrected chi connectivity index (χ3v) is 7.76. The van der Waals surface area contributed by atoms with Gasteiger partial charge in [-0.3, -0.25) is 19.2 Å². The lowest BCUT2D eigenvalue weighted by Gasteiger charge is -2.28. The van der Waals surface area contributed by atoms with Gasteiger partial charge in [0, 0.05) is 5.02 Å². The quantitative estimate of drug-likeness (QED) is 0.122. The van der Waals surface area contributed by atoms with Crippen LogP contribution >= 0.6 is 34.8 Å². The minimum absolute atomic E-state index is 0.175. The zero-order chi connectivity index (χ0) is 35.8. The second-order valence-electron chi connectivity index (χ2n) is 10.8. The van der Waals surface area contributed by atoms with E-state index in [4.69, 9.17) is 39.5 Å². The third-order valence-electron chi connectivity index (χ3n) is 6.77. The molecular weight excluding hydrogens is 708 g/mol. The fourth-order valence-corrected chi connectivity index (χ4v) is 4.75. The lowest BCUT2D eigenvalue weighted by Crippen LogP contribution is -2.58. The number of ketones is 1. The fourth-order valence-electron chi connectivity index (χ4n) is 4.32. The molecule has 3 rings (SSSR count). The van der Waals surface area contributed by atoms with Crippen LogP contribution in [0.15, 0.2) is 72.8 Å². The van der Waals surface area contributed by atoms with Crippen LogP contribution < -0.4 is 20.7 Å². The SMILES string of the molecule is CC(C)C(NC(=O)C(NC(=O)CC(Oc1ccc(Cl)cc1)c1ccc(Cl)c(Cl)c1)c1ccccc1)C(=O)C(F)(F)C(=O)NCC(F)(F)F. The van der Waals surface area contributed by atoms with Gasteiger partial charge in [0.05, 0.1) is 22.5 Å². The molecule has 0 aliphatic rings. The van der Waals surface area contributed by atoms with E-state index in [0.717, 1.165) is 5.32 Å². The van der Waals surface area contributed by atoms with Gasteiger partial charge in [-0.1, -0.05) is 85.0 Å². The molecule has 0 bridgehead atoms. The van der Waals surface area contributed by atoms with E-state index in [2.05, 4.69) is 10.6 Å². The minimum Gasteiger partial charge on any atom is -0.485 e. The van der Waals surface area contributed by atoms with Crippen molar-refractivity contribution in [3.8, 4) is 5.75 Å². The zero-order valence-electron chi connectivity index (χ0n) is 25.2. The van der Waals surface area contributed by atoms with E-state index in [1.807, 2.05) is 0 Å². The molecule has 0 aromatic heterocycles. The predicted molar refractivity (Wildman–Crippen MR) is 169 cm³/mol. The van der Waals surface area contributed by atoms with E-state index in [-0.39, 0.29) is 15.6 Å². The van der Waals surface area contributed by atoms with Gasteiger partial charge >= 0.3 is 12.1 Å². The monoisotopic (exact) mass is 735 g/mol. The van der Waals surface area contributed by atoms with Crippen LogP contribution in [0.1, 0.15) is 43.5 Å². The summed E-state index contributed by atoms with van der Waals surface area (Å²) < 4.78 is 73.0. The van der Waals surface area contributed by atoms with Gasteiger partial charge in [-0.25, -0.2) is 0 Å². The van der Waals surface area contributed by atoms with E-state index >= 15 is 0 Å².